The van der Waals surface area contributed by atoms with Crippen LogP contribution in [0.1, 0.15) is 59.3 Å². The molecule has 4 fully saturated rings. The molecule has 0 radical (unpaired) electrons. The molecule has 2 saturated heterocycles. The Labute approximate surface area is 290 Å². The van der Waals surface area contributed by atoms with E-state index in [0.29, 0.717) is 22.0 Å². The second-order valence-electron chi connectivity index (χ2n) is 13.2. The van der Waals surface area contributed by atoms with Crippen LogP contribution >= 0.6 is 34.7 Å². The number of esters is 1. The van der Waals surface area contributed by atoms with Crippen LogP contribution in [0.4, 0.5) is 5.69 Å². The maximum atomic E-state index is 14.2. The molecule has 250 valence electrons. The number of carbonyl (C=O) groups excluding carboxylic acids is 4. The van der Waals surface area contributed by atoms with E-state index in [-0.39, 0.29) is 64.7 Å². The zero-order valence-corrected chi connectivity index (χ0v) is 28.6. The number of benzene rings is 2. The number of carbonyl (C=O) groups is 4. The van der Waals surface area contributed by atoms with Crippen molar-refractivity contribution in [1.29, 1.82) is 0 Å². The molecule has 3 amide bonds. The molecule has 2 saturated carbocycles. The molecule has 3 aliphatic heterocycles. The van der Waals surface area contributed by atoms with Crippen LogP contribution in [0.2, 0.25) is 5.02 Å². The van der Waals surface area contributed by atoms with Gasteiger partial charge in [0.25, 0.3) is 5.91 Å². The Bertz CT molecular complexity index is 1870. The first-order chi connectivity index (χ1) is 23.2. The van der Waals surface area contributed by atoms with Crippen LogP contribution in [0.25, 0.3) is 0 Å². The van der Waals surface area contributed by atoms with E-state index in [2.05, 4.69) is 4.98 Å². The second-order valence-corrected chi connectivity index (χ2v) is 15.8. The molecule has 1 aromatic heterocycles. The summed E-state index contributed by atoms with van der Waals surface area (Å²) in [6.45, 7) is 3.33. The predicted octanol–water partition coefficient (Wildman–Crippen LogP) is 5.34. The van der Waals surface area contributed by atoms with Gasteiger partial charge >= 0.3 is 10.8 Å². The smallest absolute Gasteiger partial charge is 0.338 e. The molecule has 0 spiro atoms. The molecule has 13 heteroatoms. The third kappa shape index (κ3) is 5.09. The number of aromatic nitrogens is 1. The maximum Gasteiger partial charge on any atom is 0.338 e. The number of piperidine rings is 1. The van der Waals surface area contributed by atoms with Gasteiger partial charge in [-0.25, -0.2) is 4.79 Å². The third-order valence-corrected chi connectivity index (χ3v) is 13.6. The van der Waals surface area contributed by atoms with Gasteiger partial charge in [0.1, 0.15) is 5.75 Å². The van der Waals surface area contributed by atoms with Crippen molar-refractivity contribution in [2.24, 2.45) is 29.6 Å². The second kappa shape index (κ2) is 12.4. The number of thiazole rings is 1. The number of thioether (sulfide) groups is 1. The minimum Gasteiger partial charge on any atom is -0.483 e. The fraction of sp³-hybridized carbons (Fsp3) is 0.457. The molecule has 10 nitrogen and oxygen atoms in total. The van der Waals surface area contributed by atoms with Crippen molar-refractivity contribution in [3.8, 4) is 5.75 Å². The van der Waals surface area contributed by atoms with Gasteiger partial charge in [0.2, 0.25) is 11.8 Å². The summed E-state index contributed by atoms with van der Waals surface area (Å²) in [4.78, 5) is 73.1. The Morgan fingerprint density at radius 1 is 0.979 bits per heavy atom. The number of imide groups is 1. The number of nitrogens with zero attached hydrogens (tertiary/aromatic N) is 2. The highest BCUT2D eigenvalue weighted by atomic mass is 35.5. The number of halogens is 1. The molecule has 2 aromatic carbocycles. The summed E-state index contributed by atoms with van der Waals surface area (Å²) in [7, 11) is 0. The van der Waals surface area contributed by atoms with E-state index in [4.69, 9.17) is 21.1 Å². The molecule has 4 heterocycles. The average molecular weight is 708 g/mol. The van der Waals surface area contributed by atoms with E-state index in [0.717, 1.165) is 65.6 Å². The van der Waals surface area contributed by atoms with Crippen LogP contribution in [0, 0.1) is 29.6 Å². The number of hydrogen-bond acceptors (Lipinski definition) is 9. The van der Waals surface area contributed by atoms with Crippen LogP contribution < -0.4 is 14.5 Å². The number of fused-ring (bicyclic) bond motifs is 9. The molecule has 0 unspecified atom stereocenters. The van der Waals surface area contributed by atoms with Crippen LogP contribution in [-0.4, -0.2) is 65.1 Å². The van der Waals surface area contributed by atoms with Crippen molar-refractivity contribution in [1.82, 2.24) is 9.88 Å². The summed E-state index contributed by atoms with van der Waals surface area (Å²) >= 11 is 9.36. The number of hydrogen-bond donors (Lipinski definition) is 1. The highest BCUT2D eigenvalue weighted by Gasteiger charge is 2.70. The summed E-state index contributed by atoms with van der Waals surface area (Å²) in [5, 5.41) is 1.26. The van der Waals surface area contributed by atoms with Crippen molar-refractivity contribution in [3.05, 3.63) is 73.2 Å². The van der Waals surface area contributed by atoms with Gasteiger partial charge in [-0.05, 0) is 92.8 Å². The molecule has 8 rings (SSSR count). The Hall–Kier alpha value is -3.61. The van der Waals surface area contributed by atoms with Gasteiger partial charge in [-0.15, -0.1) is 11.8 Å². The number of aromatic amines is 1. The summed E-state index contributed by atoms with van der Waals surface area (Å²) < 4.78 is 11.3. The van der Waals surface area contributed by atoms with Crippen LogP contribution in [0.15, 0.2) is 52.3 Å². The highest BCUT2D eigenvalue weighted by Crippen LogP contribution is 2.69. The molecule has 5 aliphatic rings. The lowest BCUT2D eigenvalue weighted by molar-refractivity contribution is -0.134. The predicted molar refractivity (Wildman–Crippen MR) is 181 cm³/mol. The maximum absolute atomic E-state index is 14.2. The Morgan fingerprint density at radius 2 is 1.71 bits per heavy atom. The molecule has 1 N–H and O–H groups in total. The van der Waals surface area contributed by atoms with Gasteiger partial charge in [0, 0.05) is 39.7 Å². The number of rotatable bonds is 7. The number of H-pyrrole nitrogens is 1. The zero-order chi connectivity index (χ0) is 33.3. The van der Waals surface area contributed by atoms with Gasteiger partial charge in [0.15, 0.2) is 6.61 Å². The normalized spacial score (nSPS) is 28.7. The molecular weight excluding hydrogens is 674 g/mol. The fourth-order valence-corrected chi connectivity index (χ4v) is 11.9. The van der Waals surface area contributed by atoms with Crippen molar-refractivity contribution < 1.29 is 28.7 Å². The number of amides is 3. The lowest BCUT2D eigenvalue weighted by Crippen LogP contribution is -2.43. The first kappa shape index (κ1) is 31.6. The number of ether oxygens (including phenoxy) is 2. The van der Waals surface area contributed by atoms with E-state index >= 15 is 0 Å². The van der Waals surface area contributed by atoms with Crippen LogP contribution in [0.5, 0.6) is 5.75 Å². The van der Waals surface area contributed by atoms with Crippen molar-refractivity contribution in [2.45, 2.75) is 48.8 Å². The van der Waals surface area contributed by atoms with E-state index in [9.17, 15) is 24.0 Å². The van der Waals surface area contributed by atoms with Gasteiger partial charge in [-0.2, -0.15) is 0 Å². The lowest BCUT2D eigenvalue weighted by atomic mass is 9.68. The zero-order valence-electron chi connectivity index (χ0n) is 26.2. The summed E-state index contributed by atoms with van der Waals surface area (Å²) in [5.74, 6) is -1.98. The lowest BCUT2D eigenvalue weighted by Gasteiger charge is -2.43. The van der Waals surface area contributed by atoms with Gasteiger partial charge < -0.3 is 19.4 Å². The first-order valence-corrected chi connectivity index (χ1v) is 18.6. The Balaban J connectivity index is 1.13. The molecule has 3 aromatic rings. The number of likely N-dealkylation sites (tertiary alicyclic amines) is 1. The topological polar surface area (TPSA) is 126 Å². The Morgan fingerprint density at radius 3 is 2.44 bits per heavy atom. The summed E-state index contributed by atoms with van der Waals surface area (Å²) in [5.41, 5.74) is 1.57. The van der Waals surface area contributed by atoms with E-state index in [1.165, 1.54) is 4.90 Å². The van der Waals surface area contributed by atoms with Gasteiger partial charge in [0.05, 0.1) is 34.7 Å². The van der Waals surface area contributed by atoms with Crippen LogP contribution in [-0.2, 0) is 19.1 Å². The van der Waals surface area contributed by atoms with Crippen molar-refractivity contribution >= 4 is 64.1 Å². The molecule has 2 bridgehead atoms. The number of anilines is 1. The molecule has 48 heavy (non-hydrogen) atoms. The van der Waals surface area contributed by atoms with Crippen molar-refractivity contribution in [2.75, 3.05) is 31.2 Å². The average Bonchev–Trinajstić information content (AvgIpc) is 3.83. The van der Waals surface area contributed by atoms with E-state index < -0.39 is 17.8 Å². The van der Waals surface area contributed by atoms with Crippen LogP contribution in [0.3, 0.4) is 0 Å². The van der Waals surface area contributed by atoms with Gasteiger partial charge in [-0.1, -0.05) is 22.9 Å². The quantitative estimate of drug-likeness (QED) is 0.258. The summed E-state index contributed by atoms with van der Waals surface area (Å²) in [6.07, 6.45) is 3.81. The molecule has 7 atom stereocenters. The standard InChI is InChI=1S/C35H34ClN3O7S2/c1-2-45-34(43)17-6-9-19(10-7-17)39-32(41)27-21-15-22(28(27)33(39)42)29-26(21)25(30-31(47-29)37-35(44)48-30)20-14-18(36)8-11-23(20)46-16-24(40)38-12-4-3-5-13-38/h6-11,14,21-22,25-29H,2-5,12-13,15-16H2,1H3,(H,37,44)/t21-,22-,25+,26-,27+,28+,29-/m1/s1. The number of nitrogens with one attached hydrogen (secondary N) is 1. The fourth-order valence-electron chi connectivity index (χ4n) is 8.85. The minimum atomic E-state index is -0.502. The molecule has 2 aliphatic carbocycles. The minimum absolute atomic E-state index is 0.0243. The highest BCUT2D eigenvalue weighted by molar-refractivity contribution is 8.00. The largest absolute Gasteiger partial charge is 0.483 e. The first-order valence-electron chi connectivity index (χ1n) is 16.5. The summed E-state index contributed by atoms with van der Waals surface area (Å²) in [6, 6.07) is 11.8. The molecular formula is C35H34ClN3O7S2. The van der Waals surface area contributed by atoms with Crippen molar-refractivity contribution in [3.63, 3.8) is 0 Å². The SMILES string of the molecule is CCOC(=O)c1ccc(N2C(=O)[C@H]3[C@H]4C[C@@H]([C@@H]3C2=O)[C@@H]2[C@H](c3cc(Cl)ccc3OCC(=O)N3CCCCC3)c3sc(=O)[nH]c3S[C@H]42)cc1. The van der Waals surface area contributed by atoms with Gasteiger partial charge in [-0.3, -0.25) is 24.1 Å². The van der Waals surface area contributed by atoms with E-state index in [1.54, 1.807) is 55.1 Å². The third-order valence-electron chi connectivity index (χ3n) is 10.7. The Kier molecular flexibility index (Phi) is 8.16. The van der Waals surface area contributed by atoms with E-state index in [1.807, 2.05) is 11.0 Å². The monoisotopic (exact) mass is 707 g/mol.